The average molecular weight is 256 g/mol. The number of rotatable bonds is 4. The summed E-state index contributed by atoms with van der Waals surface area (Å²) >= 11 is 0. The van der Waals surface area contributed by atoms with Crippen LogP contribution in [0.15, 0.2) is 30.3 Å². The summed E-state index contributed by atoms with van der Waals surface area (Å²) in [5.41, 5.74) is 0.750. The van der Waals surface area contributed by atoms with Gasteiger partial charge in [0, 0.05) is 13.2 Å². The molecule has 17 heavy (non-hydrogen) atoms. The Kier molecular flexibility index (Phi) is 4.15. The maximum Gasteiger partial charge on any atom is 0.271 e. The van der Waals surface area contributed by atoms with E-state index < -0.39 is 10.1 Å². The highest BCUT2D eigenvalue weighted by Crippen LogP contribution is 2.16. The Balaban J connectivity index is 1.94. The highest BCUT2D eigenvalue weighted by atomic mass is 32.2. The van der Waals surface area contributed by atoms with Crippen molar-refractivity contribution in [2.24, 2.45) is 0 Å². The van der Waals surface area contributed by atoms with Gasteiger partial charge >= 0.3 is 0 Å². The molecule has 0 aliphatic carbocycles. The van der Waals surface area contributed by atoms with Crippen molar-refractivity contribution in [3.8, 4) is 0 Å². The second-order valence-electron chi connectivity index (χ2n) is 4.10. The quantitative estimate of drug-likeness (QED) is 0.770. The SMILES string of the molecule is O=S(=O)(Cc1ccccc1)OC1CCOCC1. The fourth-order valence-corrected chi connectivity index (χ4v) is 3.07. The molecule has 1 aromatic rings. The summed E-state index contributed by atoms with van der Waals surface area (Å²) in [6, 6.07) is 9.06. The molecule has 1 fully saturated rings. The van der Waals surface area contributed by atoms with Gasteiger partial charge in [-0.2, -0.15) is 8.42 Å². The first-order valence-corrected chi connectivity index (χ1v) is 7.26. The van der Waals surface area contributed by atoms with E-state index in [9.17, 15) is 8.42 Å². The van der Waals surface area contributed by atoms with Crippen LogP contribution in [0.5, 0.6) is 0 Å². The number of hydrogen-bond donors (Lipinski definition) is 0. The van der Waals surface area contributed by atoms with Crippen LogP contribution in [0.2, 0.25) is 0 Å². The van der Waals surface area contributed by atoms with Crippen molar-refractivity contribution in [3.05, 3.63) is 35.9 Å². The lowest BCUT2D eigenvalue weighted by Crippen LogP contribution is -2.26. The number of benzene rings is 1. The van der Waals surface area contributed by atoms with Gasteiger partial charge in [0.15, 0.2) is 0 Å². The van der Waals surface area contributed by atoms with Crippen LogP contribution in [0.25, 0.3) is 0 Å². The molecule has 0 N–H and O–H groups in total. The van der Waals surface area contributed by atoms with E-state index in [1.54, 1.807) is 12.1 Å². The smallest absolute Gasteiger partial charge is 0.271 e. The van der Waals surface area contributed by atoms with Crippen LogP contribution in [0.1, 0.15) is 18.4 Å². The second kappa shape index (κ2) is 5.62. The lowest BCUT2D eigenvalue weighted by atomic mass is 10.2. The molecule has 2 rings (SSSR count). The van der Waals surface area contributed by atoms with E-state index >= 15 is 0 Å². The summed E-state index contributed by atoms with van der Waals surface area (Å²) in [6.45, 7) is 1.15. The molecule has 1 aromatic carbocycles. The molecular weight excluding hydrogens is 240 g/mol. The van der Waals surface area contributed by atoms with Crippen LogP contribution in [-0.4, -0.2) is 27.7 Å². The Bertz CT molecular complexity index is 435. The van der Waals surface area contributed by atoms with Gasteiger partial charge in [0.05, 0.1) is 6.10 Å². The first-order chi connectivity index (χ1) is 8.16. The van der Waals surface area contributed by atoms with Gasteiger partial charge in [-0.1, -0.05) is 30.3 Å². The van der Waals surface area contributed by atoms with Gasteiger partial charge in [0.2, 0.25) is 0 Å². The third kappa shape index (κ3) is 4.11. The van der Waals surface area contributed by atoms with Gasteiger partial charge in [-0.25, -0.2) is 0 Å². The average Bonchev–Trinajstić information content (AvgIpc) is 2.30. The molecule has 1 saturated heterocycles. The molecule has 0 atom stereocenters. The Hall–Kier alpha value is -0.910. The Labute approximate surface area is 102 Å². The maximum absolute atomic E-state index is 11.8. The largest absolute Gasteiger partial charge is 0.381 e. The van der Waals surface area contributed by atoms with E-state index in [4.69, 9.17) is 8.92 Å². The molecule has 0 amide bonds. The zero-order valence-electron chi connectivity index (χ0n) is 9.54. The van der Waals surface area contributed by atoms with Gasteiger partial charge in [0.1, 0.15) is 5.75 Å². The van der Waals surface area contributed by atoms with E-state index in [0.717, 1.165) is 5.56 Å². The summed E-state index contributed by atoms with van der Waals surface area (Å²) in [5.74, 6) is -0.0643. The third-order valence-corrected chi connectivity index (χ3v) is 3.89. The van der Waals surface area contributed by atoms with Gasteiger partial charge in [-0.15, -0.1) is 0 Å². The zero-order valence-corrected chi connectivity index (χ0v) is 10.4. The molecule has 1 aliphatic rings. The normalized spacial score (nSPS) is 18.1. The minimum atomic E-state index is -3.49. The summed E-state index contributed by atoms with van der Waals surface area (Å²) in [4.78, 5) is 0. The van der Waals surface area contributed by atoms with Crippen molar-refractivity contribution in [2.45, 2.75) is 24.7 Å². The standard InChI is InChI=1S/C12H16O4S/c13-17(14,10-11-4-2-1-3-5-11)16-12-6-8-15-9-7-12/h1-5,12H,6-10H2. The molecule has 0 radical (unpaired) electrons. The van der Waals surface area contributed by atoms with Crippen LogP contribution in [-0.2, 0) is 24.8 Å². The molecule has 0 aromatic heterocycles. The van der Waals surface area contributed by atoms with Gasteiger partial charge < -0.3 is 4.74 Å². The fraction of sp³-hybridized carbons (Fsp3) is 0.500. The van der Waals surface area contributed by atoms with E-state index in [2.05, 4.69) is 0 Å². The Morgan fingerprint density at radius 3 is 2.47 bits per heavy atom. The summed E-state index contributed by atoms with van der Waals surface area (Å²) < 4.78 is 33.9. The highest BCUT2D eigenvalue weighted by molar-refractivity contribution is 7.85. The number of hydrogen-bond acceptors (Lipinski definition) is 4. The van der Waals surface area contributed by atoms with Crippen LogP contribution in [0, 0.1) is 0 Å². The molecule has 5 heteroatoms. The van der Waals surface area contributed by atoms with Gasteiger partial charge in [-0.3, -0.25) is 4.18 Å². The van der Waals surface area contributed by atoms with Crippen molar-refractivity contribution in [1.82, 2.24) is 0 Å². The van der Waals surface area contributed by atoms with E-state index in [0.29, 0.717) is 26.1 Å². The summed E-state index contributed by atoms with van der Waals surface area (Å²) in [5, 5.41) is 0. The van der Waals surface area contributed by atoms with Crippen molar-refractivity contribution in [1.29, 1.82) is 0 Å². The second-order valence-corrected chi connectivity index (χ2v) is 5.69. The monoisotopic (exact) mass is 256 g/mol. The summed E-state index contributed by atoms with van der Waals surface area (Å²) in [6.07, 6.45) is 1.07. The fourth-order valence-electron chi connectivity index (χ4n) is 1.79. The lowest BCUT2D eigenvalue weighted by Gasteiger charge is -2.21. The van der Waals surface area contributed by atoms with E-state index in [-0.39, 0.29) is 11.9 Å². The molecular formula is C12H16O4S. The minimum absolute atomic E-state index is 0.0643. The van der Waals surface area contributed by atoms with Crippen LogP contribution in [0.4, 0.5) is 0 Å². The third-order valence-electron chi connectivity index (χ3n) is 2.64. The molecule has 1 heterocycles. The highest BCUT2D eigenvalue weighted by Gasteiger charge is 2.22. The molecule has 4 nitrogen and oxygen atoms in total. The van der Waals surface area contributed by atoms with Crippen LogP contribution in [0.3, 0.4) is 0 Å². The van der Waals surface area contributed by atoms with Gasteiger partial charge in [-0.05, 0) is 18.4 Å². The van der Waals surface area contributed by atoms with Crippen molar-refractivity contribution >= 4 is 10.1 Å². The topological polar surface area (TPSA) is 52.6 Å². The maximum atomic E-state index is 11.8. The van der Waals surface area contributed by atoms with E-state index in [1.807, 2.05) is 18.2 Å². The molecule has 0 bridgehead atoms. The lowest BCUT2D eigenvalue weighted by molar-refractivity contribution is 0.0283. The molecule has 0 saturated carbocycles. The Morgan fingerprint density at radius 2 is 1.82 bits per heavy atom. The molecule has 1 aliphatic heterocycles. The molecule has 94 valence electrons. The van der Waals surface area contributed by atoms with E-state index in [1.165, 1.54) is 0 Å². The van der Waals surface area contributed by atoms with Crippen LogP contribution >= 0.6 is 0 Å². The first kappa shape index (κ1) is 12.5. The van der Waals surface area contributed by atoms with Crippen LogP contribution < -0.4 is 0 Å². The van der Waals surface area contributed by atoms with Crippen molar-refractivity contribution < 1.29 is 17.3 Å². The Morgan fingerprint density at radius 1 is 1.18 bits per heavy atom. The minimum Gasteiger partial charge on any atom is -0.381 e. The predicted molar refractivity (Wildman–Crippen MR) is 64.0 cm³/mol. The molecule has 0 unspecified atom stereocenters. The molecule has 0 spiro atoms. The predicted octanol–water partition coefficient (Wildman–Crippen LogP) is 1.71. The van der Waals surface area contributed by atoms with Crippen molar-refractivity contribution in [2.75, 3.05) is 13.2 Å². The van der Waals surface area contributed by atoms with Gasteiger partial charge in [0.25, 0.3) is 10.1 Å². The van der Waals surface area contributed by atoms with Crippen molar-refractivity contribution in [3.63, 3.8) is 0 Å². The first-order valence-electron chi connectivity index (χ1n) is 5.68. The number of ether oxygens (including phenoxy) is 1. The zero-order chi connectivity index (χ0) is 12.1. The summed E-state index contributed by atoms with van der Waals surface area (Å²) in [7, 11) is -3.49.